The molecule has 3 aliphatic rings. The van der Waals surface area contributed by atoms with Gasteiger partial charge in [-0.25, -0.2) is 0 Å². The molecule has 0 aromatic heterocycles. The fourth-order valence-corrected chi connectivity index (χ4v) is 3.33. The summed E-state index contributed by atoms with van der Waals surface area (Å²) < 4.78 is 5.43. The Labute approximate surface area is 99.1 Å². The van der Waals surface area contributed by atoms with E-state index in [-0.39, 0.29) is 0 Å². The first-order valence-corrected chi connectivity index (χ1v) is 7.11. The molecule has 1 heterocycles. The summed E-state index contributed by atoms with van der Waals surface area (Å²) in [5.41, 5.74) is 0.749. The maximum Gasteiger partial charge on any atom is 0.0469 e. The molecule has 2 saturated carbocycles. The number of hydrogen-bond acceptors (Lipinski definition) is 2. The second kappa shape index (κ2) is 4.30. The van der Waals surface area contributed by atoms with Gasteiger partial charge in [0.2, 0.25) is 0 Å². The maximum absolute atomic E-state index is 5.43. The van der Waals surface area contributed by atoms with Crippen LogP contribution in [0.5, 0.6) is 0 Å². The van der Waals surface area contributed by atoms with Crippen LogP contribution in [0.3, 0.4) is 0 Å². The van der Waals surface area contributed by atoms with E-state index in [1.165, 1.54) is 45.1 Å². The maximum atomic E-state index is 5.43. The predicted molar refractivity (Wildman–Crippen MR) is 65.4 cm³/mol. The van der Waals surface area contributed by atoms with E-state index in [0.29, 0.717) is 6.04 Å². The van der Waals surface area contributed by atoms with Crippen LogP contribution in [0.15, 0.2) is 0 Å². The molecular weight excluding hydrogens is 198 g/mol. The predicted octanol–water partition coefficient (Wildman–Crippen LogP) is 2.58. The van der Waals surface area contributed by atoms with Gasteiger partial charge in [-0.1, -0.05) is 0 Å². The lowest BCUT2D eigenvalue weighted by molar-refractivity contribution is 0.0551. The van der Waals surface area contributed by atoms with Crippen LogP contribution in [0, 0.1) is 17.3 Å². The van der Waals surface area contributed by atoms with Gasteiger partial charge >= 0.3 is 0 Å². The molecule has 0 radical (unpaired) electrons. The summed E-state index contributed by atoms with van der Waals surface area (Å²) in [5.74, 6) is 1.94. The molecule has 2 aliphatic carbocycles. The van der Waals surface area contributed by atoms with Crippen molar-refractivity contribution in [3.8, 4) is 0 Å². The van der Waals surface area contributed by atoms with E-state index < -0.39 is 0 Å². The van der Waals surface area contributed by atoms with Crippen LogP contribution in [0.25, 0.3) is 0 Å². The van der Waals surface area contributed by atoms with E-state index in [2.05, 4.69) is 12.2 Å². The van der Waals surface area contributed by atoms with Gasteiger partial charge in [0.1, 0.15) is 0 Å². The van der Waals surface area contributed by atoms with Crippen molar-refractivity contribution in [1.82, 2.24) is 5.32 Å². The third-order valence-corrected chi connectivity index (χ3v) is 5.08. The van der Waals surface area contributed by atoms with Crippen molar-refractivity contribution in [3.63, 3.8) is 0 Å². The minimum Gasteiger partial charge on any atom is -0.381 e. The van der Waals surface area contributed by atoms with Gasteiger partial charge in [-0.05, 0) is 62.7 Å². The van der Waals surface area contributed by atoms with Crippen molar-refractivity contribution in [2.24, 2.45) is 17.3 Å². The molecule has 0 spiro atoms. The zero-order valence-corrected chi connectivity index (χ0v) is 10.5. The fourth-order valence-electron chi connectivity index (χ4n) is 3.33. The molecule has 1 unspecified atom stereocenters. The SMILES string of the molecule is CC(NCC1(C2CC2)CC1)C1CCOCC1. The molecule has 0 aromatic rings. The highest BCUT2D eigenvalue weighted by atomic mass is 16.5. The zero-order chi connectivity index (χ0) is 11.0. The summed E-state index contributed by atoms with van der Waals surface area (Å²) in [6, 6.07) is 0.695. The highest BCUT2D eigenvalue weighted by molar-refractivity contribution is 5.05. The Bertz CT molecular complexity index is 239. The van der Waals surface area contributed by atoms with Crippen LogP contribution in [-0.2, 0) is 4.74 Å². The summed E-state index contributed by atoms with van der Waals surface area (Å²) >= 11 is 0. The molecule has 92 valence electrons. The Morgan fingerprint density at radius 2 is 1.88 bits per heavy atom. The first-order chi connectivity index (χ1) is 7.80. The number of ether oxygens (including phenoxy) is 1. The highest BCUT2D eigenvalue weighted by Crippen LogP contribution is 2.60. The Morgan fingerprint density at radius 1 is 1.19 bits per heavy atom. The average Bonchev–Trinajstić information content (AvgIpc) is 3.17. The molecule has 1 saturated heterocycles. The van der Waals surface area contributed by atoms with E-state index in [1.807, 2.05) is 0 Å². The van der Waals surface area contributed by atoms with Gasteiger partial charge in [-0.3, -0.25) is 0 Å². The van der Waals surface area contributed by atoms with Crippen LogP contribution < -0.4 is 5.32 Å². The molecule has 2 heteroatoms. The molecule has 0 aromatic carbocycles. The topological polar surface area (TPSA) is 21.3 Å². The van der Waals surface area contributed by atoms with Gasteiger partial charge in [0.15, 0.2) is 0 Å². The molecule has 3 fully saturated rings. The van der Waals surface area contributed by atoms with Gasteiger partial charge in [0, 0.05) is 25.8 Å². The molecule has 16 heavy (non-hydrogen) atoms. The van der Waals surface area contributed by atoms with Crippen molar-refractivity contribution < 1.29 is 4.74 Å². The summed E-state index contributed by atoms with van der Waals surface area (Å²) in [6.45, 7) is 5.62. The van der Waals surface area contributed by atoms with Crippen molar-refractivity contribution in [2.75, 3.05) is 19.8 Å². The monoisotopic (exact) mass is 223 g/mol. The van der Waals surface area contributed by atoms with Gasteiger partial charge in [-0.2, -0.15) is 0 Å². The van der Waals surface area contributed by atoms with Gasteiger partial charge in [0.25, 0.3) is 0 Å². The van der Waals surface area contributed by atoms with E-state index in [4.69, 9.17) is 4.74 Å². The molecule has 0 bridgehead atoms. The first kappa shape index (κ1) is 11.0. The first-order valence-electron chi connectivity index (χ1n) is 7.11. The molecular formula is C14H25NO. The van der Waals surface area contributed by atoms with Crippen LogP contribution in [-0.4, -0.2) is 25.8 Å². The minimum absolute atomic E-state index is 0.695. The summed E-state index contributed by atoms with van der Waals surface area (Å²) in [5, 5.41) is 3.82. The Kier molecular flexibility index (Phi) is 2.97. The van der Waals surface area contributed by atoms with Gasteiger partial charge in [-0.15, -0.1) is 0 Å². The van der Waals surface area contributed by atoms with Crippen LogP contribution >= 0.6 is 0 Å². The molecule has 1 N–H and O–H groups in total. The Balaban J connectivity index is 1.43. The highest BCUT2D eigenvalue weighted by Gasteiger charge is 2.53. The Hall–Kier alpha value is -0.0800. The third-order valence-electron chi connectivity index (χ3n) is 5.08. The van der Waals surface area contributed by atoms with Crippen molar-refractivity contribution in [2.45, 2.75) is 51.5 Å². The second-order valence-corrected chi connectivity index (χ2v) is 6.26. The summed E-state index contributed by atoms with van der Waals surface area (Å²) in [7, 11) is 0. The molecule has 3 rings (SSSR count). The van der Waals surface area contributed by atoms with E-state index in [0.717, 1.165) is 30.5 Å². The number of nitrogens with one attached hydrogen (secondary N) is 1. The fraction of sp³-hybridized carbons (Fsp3) is 1.00. The van der Waals surface area contributed by atoms with Crippen molar-refractivity contribution in [3.05, 3.63) is 0 Å². The van der Waals surface area contributed by atoms with Crippen LogP contribution in [0.2, 0.25) is 0 Å². The standard InChI is InChI=1S/C14H25NO/c1-11(12-4-8-16-9-5-12)15-10-14(6-7-14)13-2-3-13/h11-13,15H,2-10H2,1H3. The molecule has 1 aliphatic heterocycles. The molecule has 2 nitrogen and oxygen atoms in total. The summed E-state index contributed by atoms with van der Waals surface area (Å²) in [4.78, 5) is 0. The lowest BCUT2D eigenvalue weighted by Gasteiger charge is -2.30. The lowest BCUT2D eigenvalue weighted by Crippen LogP contribution is -2.40. The zero-order valence-electron chi connectivity index (χ0n) is 10.5. The number of hydrogen-bond donors (Lipinski definition) is 1. The van der Waals surface area contributed by atoms with Gasteiger partial charge < -0.3 is 10.1 Å². The van der Waals surface area contributed by atoms with Crippen LogP contribution in [0.4, 0.5) is 0 Å². The van der Waals surface area contributed by atoms with Crippen LogP contribution in [0.1, 0.15) is 45.4 Å². The van der Waals surface area contributed by atoms with E-state index in [9.17, 15) is 0 Å². The third kappa shape index (κ3) is 2.28. The van der Waals surface area contributed by atoms with Crippen molar-refractivity contribution in [1.29, 1.82) is 0 Å². The molecule has 1 atom stereocenters. The van der Waals surface area contributed by atoms with Gasteiger partial charge in [0.05, 0.1) is 0 Å². The summed E-state index contributed by atoms with van der Waals surface area (Å²) in [6.07, 6.45) is 8.51. The molecule has 0 amide bonds. The number of rotatable bonds is 5. The normalized spacial score (nSPS) is 31.3. The smallest absolute Gasteiger partial charge is 0.0469 e. The van der Waals surface area contributed by atoms with E-state index >= 15 is 0 Å². The van der Waals surface area contributed by atoms with E-state index in [1.54, 1.807) is 0 Å². The lowest BCUT2D eigenvalue weighted by atomic mass is 9.92. The average molecular weight is 223 g/mol. The minimum atomic E-state index is 0.695. The van der Waals surface area contributed by atoms with Crippen molar-refractivity contribution >= 4 is 0 Å². The quantitative estimate of drug-likeness (QED) is 0.773. The Morgan fingerprint density at radius 3 is 2.44 bits per heavy atom. The second-order valence-electron chi connectivity index (χ2n) is 6.26. The largest absolute Gasteiger partial charge is 0.381 e.